The molecular weight excluding hydrogens is 359 g/mol. The van der Waals surface area contributed by atoms with Crippen molar-refractivity contribution < 1.29 is 27.1 Å². The smallest absolute Gasteiger partial charge is 0.384 e. The van der Waals surface area contributed by atoms with Crippen LogP contribution in [0.4, 0.5) is 22.0 Å². The van der Waals surface area contributed by atoms with E-state index in [1.54, 1.807) is 0 Å². The number of alkyl halides is 3. The number of aliphatic hydroxyl groups excluding tert-OH is 1. The van der Waals surface area contributed by atoms with Gasteiger partial charge in [-0.2, -0.15) is 13.2 Å². The van der Waals surface area contributed by atoms with Crippen LogP contribution in [0.3, 0.4) is 0 Å². The lowest BCUT2D eigenvalue weighted by atomic mass is 9.99. The van der Waals surface area contributed by atoms with Crippen molar-refractivity contribution in [2.75, 3.05) is 0 Å². The summed E-state index contributed by atoms with van der Waals surface area (Å²) in [7, 11) is 0. The summed E-state index contributed by atoms with van der Waals surface area (Å²) in [5, 5.41) is 9.99. The minimum absolute atomic E-state index is 0.185. The van der Waals surface area contributed by atoms with Crippen molar-refractivity contribution in [3.63, 3.8) is 0 Å². The molecule has 0 aliphatic heterocycles. The van der Waals surface area contributed by atoms with Gasteiger partial charge >= 0.3 is 6.18 Å². The molecule has 2 aromatic carbocycles. The molecule has 7 heteroatoms. The van der Waals surface area contributed by atoms with Crippen LogP contribution >= 0.6 is 15.9 Å². The van der Waals surface area contributed by atoms with Crippen LogP contribution < -0.4 is 0 Å². The van der Waals surface area contributed by atoms with Gasteiger partial charge in [-0.3, -0.25) is 0 Å². The van der Waals surface area contributed by atoms with Crippen LogP contribution in [0.2, 0.25) is 0 Å². The highest BCUT2D eigenvalue weighted by Crippen LogP contribution is 2.37. The molecule has 112 valence electrons. The van der Waals surface area contributed by atoms with E-state index in [-0.39, 0.29) is 10.0 Å². The summed E-state index contributed by atoms with van der Waals surface area (Å²) >= 11 is 2.76. The van der Waals surface area contributed by atoms with Crippen LogP contribution in [0, 0.1) is 11.6 Å². The SMILES string of the molecule is OC(c1ccc(Br)c(C(F)(F)F)c1)c1cccc(F)c1F. The molecule has 2 aromatic rings. The first-order chi connectivity index (χ1) is 9.71. The number of halogens is 6. The van der Waals surface area contributed by atoms with Crippen molar-refractivity contribution in [1.82, 2.24) is 0 Å². The largest absolute Gasteiger partial charge is 0.417 e. The molecule has 0 bridgehead atoms. The fourth-order valence-electron chi connectivity index (χ4n) is 1.84. The molecule has 0 heterocycles. The molecule has 1 nitrogen and oxygen atoms in total. The van der Waals surface area contributed by atoms with Crippen molar-refractivity contribution in [2.24, 2.45) is 0 Å². The van der Waals surface area contributed by atoms with Gasteiger partial charge in [-0.05, 0) is 23.8 Å². The van der Waals surface area contributed by atoms with E-state index < -0.39 is 35.0 Å². The summed E-state index contributed by atoms with van der Waals surface area (Å²) in [6.45, 7) is 0. The van der Waals surface area contributed by atoms with Gasteiger partial charge < -0.3 is 5.11 Å². The number of aliphatic hydroxyl groups is 1. The topological polar surface area (TPSA) is 20.2 Å². The van der Waals surface area contributed by atoms with Gasteiger partial charge in [0.05, 0.1) is 5.56 Å². The summed E-state index contributed by atoms with van der Waals surface area (Å²) in [6, 6.07) is 6.12. The van der Waals surface area contributed by atoms with Crippen LogP contribution in [-0.2, 0) is 6.18 Å². The fraction of sp³-hybridized carbons (Fsp3) is 0.143. The minimum atomic E-state index is -4.63. The third-order valence-electron chi connectivity index (χ3n) is 2.89. The quantitative estimate of drug-likeness (QED) is 0.755. The maximum Gasteiger partial charge on any atom is 0.417 e. The minimum Gasteiger partial charge on any atom is -0.384 e. The Hall–Kier alpha value is -1.47. The molecule has 0 saturated heterocycles. The van der Waals surface area contributed by atoms with E-state index in [1.807, 2.05) is 0 Å². The van der Waals surface area contributed by atoms with E-state index in [9.17, 15) is 27.1 Å². The van der Waals surface area contributed by atoms with Crippen LogP contribution in [0.1, 0.15) is 22.8 Å². The highest BCUT2D eigenvalue weighted by atomic mass is 79.9. The lowest BCUT2D eigenvalue weighted by molar-refractivity contribution is -0.138. The van der Waals surface area contributed by atoms with Gasteiger partial charge in [-0.25, -0.2) is 8.78 Å². The van der Waals surface area contributed by atoms with Crippen LogP contribution in [0.15, 0.2) is 40.9 Å². The maximum absolute atomic E-state index is 13.6. The molecule has 0 spiro atoms. The molecule has 0 aliphatic rings. The highest BCUT2D eigenvalue weighted by molar-refractivity contribution is 9.10. The Morgan fingerprint density at radius 2 is 1.71 bits per heavy atom. The van der Waals surface area contributed by atoms with Crippen molar-refractivity contribution in [1.29, 1.82) is 0 Å². The van der Waals surface area contributed by atoms with E-state index in [1.165, 1.54) is 12.1 Å². The molecule has 0 amide bonds. The average Bonchev–Trinajstić information content (AvgIpc) is 2.40. The van der Waals surface area contributed by atoms with E-state index in [0.717, 1.165) is 18.2 Å². The molecule has 0 radical (unpaired) electrons. The molecular formula is C14H8BrF5O. The third kappa shape index (κ3) is 3.24. The molecule has 2 rings (SSSR count). The van der Waals surface area contributed by atoms with E-state index in [4.69, 9.17) is 0 Å². The van der Waals surface area contributed by atoms with Crippen molar-refractivity contribution in [2.45, 2.75) is 12.3 Å². The number of hydrogen-bond donors (Lipinski definition) is 1. The Labute approximate surface area is 125 Å². The Kier molecular flexibility index (Phi) is 4.34. The van der Waals surface area contributed by atoms with Crippen LogP contribution in [0.5, 0.6) is 0 Å². The molecule has 0 saturated carbocycles. The second-order valence-electron chi connectivity index (χ2n) is 4.28. The molecule has 0 fully saturated rings. The van der Waals surface area contributed by atoms with E-state index >= 15 is 0 Å². The van der Waals surface area contributed by atoms with Crippen LogP contribution in [0.25, 0.3) is 0 Å². The zero-order valence-electron chi connectivity index (χ0n) is 10.3. The molecule has 1 atom stereocenters. The molecule has 21 heavy (non-hydrogen) atoms. The van der Waals surface area contributed by atoms with Gasteiger partial charge in [0.15, 0.2) is 11.6 Å². The predicted molar refractivity (Wildman–Crippen MR) is 69.6 cm³/mol. The second kappa shape index (κ2) is 5.73. The monoisotopic (exact) mass is 366 g/mol. The number of benzene rings is 2. The predicted octanol–water partition coefficient (Wildman–Crippen LogP) is 4.83. The Morgan fingerprint density at radius 1 is 1.05 bits per heavy atom. The zero-order valence-corrected chi connectivity index (χ0v) is 11.8. The van der Waals surface area contributed by atoms with Crippen LogP contribution in [-0.4, -0.2) is 5.11 Å². The average molecular weight is 367 g/mol. The first-order valence-electron chi connectivity index (χ1n) is 5.70. The Morgan fingerprint density at radius 3 is 2.33 bits per heavy atom. The first-order valence-corrected chi connectivity index (χ1v) is 6.49. The molecule has 1 unspecified atom stereocenters. The molecule has 0 aliphatic carbocycles. The van der Waals surface area contributed by atoms with E-state index in [2.05, 4.69) is 15.9 Å². The van der Waals surface area contributed by atoms with Gasteiger partial charge in [0.25, 0.3) is 0 Å². The Balaban J connectivity index is 2.49. The highest BCUT2D eigenvalue weighted by Gasteiger charge is 2.33. The molecule has 0 aromatic heterocycles. The first kappa shape index (κ1) is 15.9. The number of rotatable bonds is 2. The van der Waals surface area contributed by atoms with Gasteiger partial charge in [0.1, 0.15) is 6.10 Å². The zero-order chi connectivity index (χ0) is 15.8. The van der Waals surface area contributed by atoms with E-state index in [0.29, 0.717) is 6.07 Å². The summed E-state index contributed by atoms with van der Waals surface area (Å²) in [5.74, 6) is -2.47. The van der Waals surface area contributed by atoms with Gasteiger partial charge in [-0.15, -0.1) is 0 Å². The second-order valence-corrected chi connectivity index (χ2v) is 5.14. The maximum atomic E-state index is 13.6. The lowest BCUT2D eigenvalue weighted by Gasteiger charge is -2.16. The molecule has 1 N–H and O–H groups in total. The summed E-state index contributed by atoms with van der Waals surface area (Å²) in [4.78, 5) is 0. The van der Waals surface area contributed by atoms with Crippen molar-refractivity contribution in [3.05, 3.63) is 69.2 Å². The van der Waals surface area contributed by atoms with Gasteiger partial charge in [-0.1, -0.05) is 34.1 Å². The van der Waals surface area contributed by atoms with Gasteiger partial charge in [0.2, 0.25) is 0 Å². The number of hydrogen-bond acceptors (Lipinski definition) is 1. The lowest BCUT2D eigenvalue weighted by Crippen LogP contribution is -2.09. The normalized spacial score (nSPS) is 13.3. The summed E-state index contributed by atoms with van der Waals surface area (Å²) in [5.41, 5.74) is -1.61. The third-order valence-corrected chi connectivity index (χ3v) is 3.58. The van der Waals surface area contributed by atoms with Crippen molar-refractivity contribution in [3.8, 4) is 0 Å². The summed E-state index contributed by atoms with van der Waals surface area (Å²) < 4.78 is 64.9. The van der Waals surface area contributed by atoms with Gasteiger partial charge in [0, 0.05) is 10.0 Å². The Bertz CT molecular complexity index is 669. The fourth-order valence-corrected chi connectivity index (χ4v) is 2.31. The standard InChI is InChI=1S/C14H8BrF5O/c15-10-5-4-7(6-9(10)14(18,19)20)13(21)8-2-1-3-11(16)12(8)17/h1-6,13,21H. The summed E-state index contributed by atoms with van der Waals surface area (Å²) in [6.07, 6.45) is -6.33. The van der Waals surface area contributed by atoms with Crippen molar-refractivity contribution >= 4 is 15.9 Å².